The van der Waals surface area contributed by atoms with Crippen molar-refractivity contribution >= 4 is 11.6 Å². The highest BCUT2D eigenvalue weighted by Crippen LogP contribution is 2.24. The van der Waals surface area contributed by atoms with Crippen LogP contribution in [-0.2, 0) is 0 Å². The van der Waals surface area contributed by atoms with Gasteiger partial charge in [-0.05, 0) is 43.5 Å². The van der Waals surface area contributed by atoms with Crippen LogP contribution < -0.4 is 4.90 Å². The third-order valence-corrected chi connectivity index (χ3v) is 6.85. The number of imidazole rings is 1. The van der Waals surface area contributed by atoms with Crippen molar-refractivity contribution in [2.75, 3.05) is 44.2 Å². The van der Waals surface area contributed by atoms with Crippen LogP contribution in [0.15, 0.2) is 60.9 Å². The lowest BCUT2D eigenvalue weighted by molar-refractivity contribution is 0.0563. The summed E-state index contributed by atoms with van der Waals surface area (Å²) in [5.41, 5.74) is 4.38. The number of amides is 1. The van der Waals surface area contributed by atoms with Crippen LogP contribution in [0.2, 0.25) is 0 Å². The predicted molar refractivity (Wildman–Crippen MR) is 128 cm³/mol. The summed E-state index contributed by atoms with van der Waals surface area (Å²) in [7, 11) is 0. The molecule has 6 heteroatoms. The minimum absolute atomic E-state index is 0.127. The molecule has 1 aromatic heterocycles. The van der Waals surface area contributed by atoms with E-state index in [-0.39, 0.29) is 5.91 Å². The highest BCUT2D eigenvalue weighted by Gasteiger charge is 2.30. The third-order valence-electron chi connectivity index (χ3n) is 6.85. The van der Waals surface area contributed by atoms with E-state index in [1.54, 1.807) is 12.4 Å². The van der Waals surface area contributed by atoms with Crippen LogP contribution in [0.25, 0.3) is 11.4 Å². The van der Waals surface area contributed by atoms with Crippen molar-refractivity contribution in [3.63, 3.8) is 0 Å². The number of aromatic amines is 1. The van der Waals surface area contributed by atoms with E-state index < -0.39 is 0 Å². The molecule has 2 aliphatic rings. The second-order valence-electron chi connectivity index (χ2n) is 8.88. The van der Waals surface area contributed by atoms with Crippen LogP contribution in [-0.4, -0.2) is 71.0 Å². The molecule has 3 aromatic rings. The van der Waals surface area contributed by atoms with Gasteiger partial charge in [0.25, 0.3) is 5.91 Å². The predicted octanol–water partition coefficient (Wildman–Crippen LogP) is 3.81. The number of H-pyrrole nitrogens is 1. The first-order chi connectivity index (χ1) is 15.7. The van der Waals surface area contributed by atoms with Gasteiger partial charge in [0.1, 0.15) is 5.82 Å². The molecule has 5 rings (SSSR count). The first kappa shape index (κ1) is 20.8. The van der Waals surface area contributed by atoms with E-state index in [2.05, 4.69) is 51.0 Å². The van der Waals surface area contributed by atoms with Gasteiger partial charge in [-0.1, -0.05) is 30.3 Å². The lowest BCUT2D eigenvalue weighted by Crippen LogP contribution is -2.56. The standard InChI is InChI=1S/C26H31N5O/c1-20-6-2-3-10-24(20)30-16-14-29(15-17-30)23-9-5-13-31(19-23)26(32)22-8-4-7-21(18-22)25-27-11-12-28-25/h2-4,6-8,10-12,18,23H,5,9,13-17,19H2,1H3,(H,27,28)/t23-/m0/s1. The molecule has 32 heavy (non-hydrogen) atoms. The third kappa shape index (κ3) is 4.28. The molecule has 0 aliphatic carbocycles. The van der Waals surface area contributed by atoms with Crippen molar-refractivity contribution in [2.45, 2.75) is 25.8 Å². The first-order valence-electron chi connectivity index (χ1n) is 11.6. The summed E-state index contributed by atoms with van der Waals surface area (Å²) >= 11 is 0. The highest BCUT2D eigenvalue weighted by molar-refractivity contribution is 5.95. The van der Waals surface area contributed by atoms with Gasteiger partial charge in [-0.2, -0.15) is 0 Å². The zero-order valence-corrected chi connectivity index (χ0v) is 18.7. The number of para-hydroxylation sites is 1. The zero-order chi connectivity index (χ0) is 21.9. The van der Waals surface area contributed by atoms with Crippen LogP contribution in [0.4, 0.5) is 5.69 Å². The molecule has 2 saturated heterocycles. The van der Waals surface area contributed by atoms with Crippen LogP contribution in [0.3, 0.4) is 0 Å². The second-order valence-corrected chi connectivity index (χ2v) is 8.88. The molecule has 2 aliphatic heterocycles. The Morgan fingerprint density at radius 3 is 2.66 bits per heavy atom. The second kappa shape index (κ2) is 9.17. The number of carbonyl (C=O) groups is 1. The van der Waals surface area contributed by atoms with Gasteiger partial charge in [0, 0.05) is 74.5 Å². The number of benzene rings is 2. The topological polar surface area (TPSA) is 55.5 Å². The summed E-state index contributed by atoms with van der Waals surface area (Å²) in [5.74, 6) is 0.921. The fraction of sp³-hybridized carbons (Fsp3) is 0.385. The summed E-state index contributed by atoms with van der Waals surface area (Å²) in [6.07, 6.45) is 5.77. The number of hydrogen-bond acceptors (Lipinski definition) is 4. The Labute approximate surface area is 189 Å². The molecule has 2 fully saturated rings. The Bertz CT molecular complexity index is 1060. The number of nitrogens with one attached hydrogen (secondary N) is 1. The smallest absolute Gasteiger partial charge is 0.253 e. The number of nitrogens with zero attached hydrogens (tertiary/aromatic N) is 4. The van der Waals surface area contributed by atoms with Gasteiger partial charge in [0.2, 0.25) is 0 Å². The Morgan fingerprint density at radius 1 is 1.03 bits per heavy atom. The first-order valence-corrected chi connectivity index (χ1v) is 11.6. The summed E-state index contributed by atoms with van der Waals surface area (Å²) in [6, 6.07) is 16.9. The van der Waals surface area contributed by atoms with E-state index >= 15 is 0 Å². The Morgan fingerprint density at radius 2 is 1.88 bits per heavy atom. The van der Waals surface area contributed by atoms with Crippen molar-refractivity contribution < 1.29 is 4.79 Å². The minimum Gasteiger partial charge on any atom is -0.369 e. The molecular weight excluding hydrogens is 398 g/mol. The number of rotatable bonds is 4. The molecule has 0 spiro atoms. The number of aryl methyl sites for hydroxylation is 1. The van der Waals surface area contributed by atoms with Gasteiger partial charge in [-0.25, -0.2) is 4.98 Å². The largest absolute Gasteiger partial charge is 0.369 e. The molecule has 166 valence electrons. The average Bonchev–Trinajstić information content (AvgIpc) is 3.39. The van der Waals surface area contributed by atoms with E-state index in [0.717, 1.165) is 62.6 Å². The number of carbonyl (C=O) groups excluding carboxylic acids is 1. The number of likely N-dealkylation sites (tertiary alicyclic amines) is 1. The lowest BCUT2D eigenvalue weighted by atomic mass is 10.0. The fourth-order valence-electron chi connectivity index (χ4n) is 5.09. The molecule has 0 saturated carbocycles. The number of aromatic nitrogens is 2. The van der Waals surface area contributed by atoms with E-state index in [1.807, 2.05) is 29.2 Å². The van der Waals surface area contributed by atoms with Gasteiger partial charge in [0.15, 0.2) is 0 Å². The summed E-state index contributed by atoms with van der Waals surface area (Å²) in [4.78, 5) is 27.9. The van der Waals surface area contributed by atoms with E-state index in [1.165, 1.54) is 17.7 Å². The van der Waals surface area contributed by atoms with E-state index in [0.29, 0.717) is 6.04 Å². The monoisotopic (exact) mass is 429 g/mol. The van der Waals surface area contributed by atoms with Gasteiger partial charge in [0.05, 0.1) is 0 Å². The Balaban J connectivity index is 1.22. The number of piperidine rings is 1. The van der Waals surface area contributed by atoms with Crippen LogP contribution in [0.5, 0.6) is 0 Å². The number of hydrogen-bond donors (Lipinski definition) is 1. The van der Waals surface area contributed by atoms with E-state index in [9.17, 15) is 4.79 Å². The van der Waals surface area contributed by atoms with Crippen molar-refractivity contribution in [1.82, 2.24) is 19.8 Å². The summed E-state index contributed by atoms with van der Waals surface area (Å²) in [6.45, 7) is 8.02. The van der Waals surface area contributed by atoms with Crippen LogP contribution in [0.1, 0.15) is 28.8 Å². The van der Waals surface area contributed by atoms with Crippen LogP contribution >= 0.6 is 0 Å². The highest BCUT2D eigenvalue weighted by atomic mass is 16.2. The van der Waals surface area contributed by atoms with Crippen molar-refractivity contribution in [3.8, 4) is 11.4 Å². The molecule has 1 atom stereocenters. The van der Waals surface area contributed by atoms with E-state index in [4.69, 9.17) is 0 Å². The quantitative estimate of drug-likeness (QED) is 0.685. The Hall–Kier alpha value is -3.12. The number of piperazine rings is 1. The lowest BCUT2D eigenvalue weighted by Gasteiger charge is -2.44. The van der Waals surface area contributed by atoms with Crippen LogP contribution in [0, 0.1) is 6.92 Å². The average molecular weight is 430 g/mol. The molecule has 3 heterocycles. The molecular formula is C26H31N5O. The molecule has 0 radical (unpaired) electrons. The van der Waals surface area contributed by atoms with Crippen molar-refractivity contribution in [3.05, 3.63) is 72.1 Å². The molecule has 1 amide bonds. The Kier molecular flexibility index (Phi) is 5.95. The van der Waals surface area contributed by atoms with Gasteiger partial charge in [-0.3, -0.25) is 9.69 Å². The maximum atomic E-state index is 13.3. The normalized spacial score (nSPS) is 19.8. The van der Waals surface area contributed by atoms with Gasteiger partial charge < -0.3 is 14.8 Å². The maximum absolute atomic E-state index is 13.3. The number of anilines is 1. The minimum atomic E-state index is 0.127. The van der Waals surface area contributed by atoms with Crippen molar-refractivity contribution in [2.24, 2.45) is 0 Å². The fourth-order valence-corrected chi connectivity index (χ4v) is 5.09. The van der Waals surface area contributed by atoms with Gasteiger partial charge >= 0.3 is 0 Å². The molecule has 2 aromatic carbocycles. The summed E-state index contributed by atoms with van der Waals surface area (Å²) in [5, 5.41) is 0. The molecule has 1 N–H and O–H groups in total. The molecule has 0 unspecified atom stereocenters. The molecule has 6 nitrogen and oxygen atoms in total. The van der Waals surface area contributed by atoms with Crippen molar-refractivity contribution in [1.29, 1.82) is 0 Å². The maximum Gasteiger partial charge on any atom is 0.253 e. The van der Waals surface area contributed by atoms with Gasteiger partial charge in [-0.15, -0.1) is 0 Å². The zero-order valence-electron chi connectivity index (χ0n) is 18.7. The summed E-state index contributed by atoms with van der Waals surface area (Å²) < 4.78 is 0. The SMILES string of the molecule is Cc1ccccc1N1CCN([C@H]2CCCN(C(=O)c3cccc(-c4ncc[nH]4)c3)C2)CC1. The molecule has 0 bridgehead atoms.